The number of ether oxygens (including phenoxy) is 2. The van der Waals surface area contributed by atoms with Gasteiger partial charge < -0.3 is 19.6 Å². The first-order chi connectivity index (χ1) is 12.0. The topological polar surface area (TPSA) is 67.4 Å². The van der Waals surface area contributed by atoms with Crippen LogP contribution in [0.4, 0.5) is 8.78 Å². The van der Waals surface area contributed by atoms with Gasteiger partial charge in [0.05, 0.1) is 11.6 Å². The van der Waals surface area contributed by atoms with E-state index >= 15 is 0 Å². The highest BCUT2D eigenvalue weighted by molar-refractivity contribution is 6.31. The number of aliphatic hydroxyl groups is 1. The molecule has 0 spiro atoms. The minimum absolute atomic E-state index is 0.0847. The Labute approximate surface area is 147 Å². The highest BCUT2D eigenvalue weighted by atomic mass is 35.5. The molecule has 132 valence electrons. The van der Waals surface area contributed by atoms with Crippen LogP contribution in [0.25, 0.3) is 11.0 Å². The smallest absolute Gasteiger partial charge is 0.165 e. The number of aromatic nitrogens is 2. The summed E-state index contributed by atoms with van der Waals surface area (Å²) < 4.78 is 38.4. The van der Waals surface area contributed by atoms with Crippen LogP contribution in [0, 0.1) is 11.6 Å². The molecule has 2 heterocycles. The Morgan fingerprint density at radius 3 is 2.76 bits per heavy atom. The molecule has 0 aliphatic rings. The number of fused-ring (bicyclic) bond motifs is 1. The predicted molar refractivity (Wildman–Crippen MR) is 88.9 cm³/mol. The second kappa shape index (κ2) is 7.35. The van der Waals surface area contributed by atoms with Crippen molar-refractivity contribution in [1.29, 1.82) is 0 Å². The molecular formula is C17H15ClF2N2O3. The maximum atomic E-state index is 14.4. The number of H-pyrrole nitrogens is 1. The first kappa shape index (κ1) is 17.6. The maximum absolute atomic E-state index is 14.4. The molecule has 1 aromatic carbocycles. The van der Waals surface area contributed by atoms with Gasteiger partial charge in [0.2, 0.25) is 0 Å². The molecule has 0 saturated carbocycles. The molecule has 1 atom stereocenters. The van der Waals surface area contributed by atoms with Gasteiger partial charge in [-0.05, 0) is 12.1 Å². The van der Waals surface area contributed by atoms with Crippen molar-refractivity contribution >= 4 is 22.6 Å². The lowest BCUT2D eigenvalue weighted by atomic mass is 10.0. The van der Waals surface area contributed by atoms with Gasteiger partial charge in [0.25, 0.3) is 0 Å². The molecule has 25 heavy (non-hydrogen) atoms. The summed E-state index contributed by atoms with van der Waals surface area (Å²) in [6, 6.07) is 3.41. The Kier molecular flexibility index (Phi) is 5.17. The summed E-state index contributed by atoms with van der Waals surface area (Å²) in [4.78, 5) is 6.94. The van der Waals surface area contributed by atoms with Crippen molar-refractivity contribution in [3.63, 3.8) is 0 Å². The van der Waals surface area contributed by atoms with Crippen LogP contribution in [0.15, 0.2) is 30.6 Å². The average molecular weight is 369 g/mol. The molecule has 0 saturated heterocycles. The van der Waals surface area contributed by atoms with Gasteiger partial charge in [-0.3, -0.25) is 0 Å². The number of halogens is 3. The fourth-order valence-electron chi connectivity index (χ4n) is 2.49. The average Bonchev–Trinajstić information content (AvgIpc) is 3.00. The minimum Gasteiger partial charge on any atom is -0.488 e. The first-order valence-corrected chi connectivity index (χ1v) is 7.80. The van der Waals surface area contributed by atoms with Crippen LogP contribution in [0.5, 0.6) is 5.75 Å². The number of hydrogen-bond acceptors (Lipinski definition) is 4. The lowest BCUT2D eigenvalue weighted by Gasteiger charge is -2.14. The Bertz CT molecular complexity index is 901. The zero-order valence-corrected chi connectivity index (χ0v) is 14.0. The van der Waals surface area contributed by atoms with E-state index in [0.29, 0.717) is 21.6 Å². The van der Waals surface area contributed by atoms with Gasteiger partial charge >= 0.3 is 0 Å². The summed E-state index contributed by atoms with van der Waals surface area (Å²) in [5.74, 6) is -1.80. The quantitative estimate of drug-likeness (QED) is 0.652. The fourth-order valence-corrected chi connectivity index (χ4v) is 2.65. The molecule has 5 nitrogen and oxygen atoms in total. The molecule has 0 aliphatic heterocycles. The van der Waals surface area contributed by atoms with E-state index in [9.17, 15) is 13.9 Å². The normalized spacial score (nSPS) is 12.5. The second-order valence-corrected chi connectivity index (χ2v) is 5.78. The lowest BCUT2D eigenvalue weighted by Crippen LogP contribution is -2.08. The molecule has 3 aromatic rings. The second-order valence-electron chi connectivity index (χ2n) is 5.34. The van der Waals surface area contributed by atoms with E-state index in [1.54, 1.807) is 6.07 Å². The zero-order valence-electron chi connectivity index (χ0n) is 13.2. The predicted octanol–water partition coefficient (Wildman–Crippen LogP) is 3.60. The third kappa shape index (κ3) is 3.58. The summed E-state index contributed by atoms with van der Waals surface area (Å²) in [5, 5.41) is 11.4. The highest BCUT2D eigenvalue weighted by Gasteiger charge is 2.22. The number of hydrogen-bond donors (Lipinski definition) is 2. The van der Waals surface area contributed by atoms with Crippen molar-refractivity contribution in [3.8, 4) is 5.75 Å². The largest absolute Gasteiger partial charge is 0.488 e. The van der Waals surface area contributed by atoms with Crippen molar-refractivity contribution in [2.75, 3.05) is 20.3 Å². The summed E-state index contributed by atoms with van der Waals surface area (Å²) in [6.07, 6.45) is 1.54. The number of benzene rings is 1. The van der Waals surface area contributed by atoms with Crippen LogP contribution in [0.1, 0.15) is 17.2 Å². The summed E-state index contributed by atoms with van der Waals surface area (Å²) in [6.45, 7) is 0.329. The Hall–Kier alpha value is -2.22. The number of methoxy groups -OCH3 is 1. The number of nitrogens with zero attached hydrogens (tertiary/aromatic N) is 1. The molecule has 1 unspecified atom stereocenters. The van der Waals surface area contributed by atoms with E-state index in [-0.39, 0.29) is 24.5 Å². The lowest BCUT2D eigenvalue weighted by molar-refractivity contribution is 0.143. The van der Waals surface area contributed by atoms with Gasteiger partial charge in [0.1, 0.15) is 24.2 Å². The van der Waals surface area contributed by atoms with Crippen molar-refractivity contribution in [2.45, 2.75) is 6.10 Å². The molecule has 0 amide bonds. The molecule has 0 radical (unpaired) electrons. The van der Waals surface area contributed by atoms with Crippen LogP contribution in [0.3, 0.4) is 0 Å². The SMILES string of the molecule is COCCOc1cc(F)c(C(O)c2c[nH]c3ncc(Cl)cc23)cc1F. The fraction of sp³-hybridized carbons (Fsp3) is 0.235. The van der Waals surface area contributed by atoms with Crippen LogP contribution < -0.4 is 4.74 Å². The van der Waals surface area contributed by atoms with Crippen molar-refractivity contribution < 1.29 is 23.4 Å². The summed E-state index contributed by atoms with van der Waals surface area (Å²) in [5.41, 5.74) is 0.618. The van der Waals surface area contributed by atoms with Crippen LogP contribution >= 0.6 is 11.6 Å². The van der Waals surface area contributed by atoms with Crippen LogP contribution in [-0.2, 0) is 4.74 Å². The molecule has 0 fully saturated rings. The van der Waals surface area contributed by atoms with Gasteiger partial charge in [-0.2, -0.15) is 0 Å². The van der Waals surface area contributed by atoms with Crippen molar-refractivity contribution in [1.82, 2.24) is 9.97 Å². The molecule has 8 heteroatoms. The number of aliphatic hydroxyl groups excluding tert-OH is 1. The van der Waals surface area contributed by atoms with E-state index in [0.717, 1.165) is 12.1 Å². The third-order valence-corrected chi connectivity index (χ3v) is 3.92. The minimum atomic E-state index is -1.39. The molecule has 0 aliphatic carbocycles. The number of nitrogens with one attached hydrogen (secondary N) is 1. The van der Waals surface area contributed by atoms with E-state index in [2.05, 4.69) is 9.97 Å². The molecule has 0 bridgehead atoms. The van der Waals surface area contributed by atoms with Gasteiger partial charge in [-0.15, -0.1) is 0 Å². The maximum Gasteiger partial charge on any atom is 0.165 e. The molecular weight excluding hydrogens is 354 g/mol. The van der Waals surface area contributed by atoms with Crippen molar-refractivity contribution in [3.05, 3.63) is 58.4 Å². The van der Waals surface area contributed by atoms with E-state index in [1.807, 2.05) is 0 Å². The van der Waals surface area contributed by atoms with Gasteiger partial charge in [-0.25, -0.2) is 13.8 Å². The van der Waals surface area contributed by atoms with E-state index < -0.39 is 17.7 Å². The molecule has 2 aromatic heterocycles. The number of pyridine rings is 1. The van der Waals surface area contributed by atoms with Gasteiger partial charge in [0.15, 0.2) is 11.6 Å². The van der Waals surface area contributed by atoms with Gasteiger partial charge in [0, 0.05) is 42.1 Å². The Morgan fingerprint density at radius 2 is 2.00 bits per heavy atom. The van der Waals surface area contributed by atoms with Crippen LogP contribution in [0.2, 0.25) is 5.02 Å². The third-order valence-electron chi connectivity index (χ3n) is 3.72. The van der Waals surface area contributed by atoms with Gasteiger partial charge in [-0.1, -0.05) is 11.6 Å². The van der Waals surface area contributed by atoms with Crippen LogP contribution in [-0.4, -0.2) is 35.4 Å². The summed E-state index contributed by atoms with van der Waals surface area (Å²) >= 11 is 5.92. The highest BCUT2D eigenvalue weighted by Crippen LogP contribution is 2.33. The first-order valence-electron chi connectivity index (χ1n) is 7.42. The molecule has 3 rings (SSSR count). The van der Waals surface area contributed by atoms with E-state index in [4.69, 9.17) is 21.1 Å². The van der Waals surface area contributed by atoms with Crippen molar-refractivity contribution in [2.24, 2.45) is 0 Å². The Balaban J connectivity index is 1.94. The number of rotatable bonds is 6. The Morgan fingerprint density at radius 1 is 1.20 bits per heavy atom. The standard InChI is InChI=1S/C17H15ClF2N2O3/c1-24-2-3-25-15-6-13(19)11(5-14(15)20)16(23)12-8-22-17-10(12)4-9(18)7-21-17/h4-8,16,23H,2-3H2,1H3,(H,21,22). The monoisotopic (exact) mass is 368 g/mol. The summed E-state index contributed by atoms with van der Waals surface area (Å²) in [7, 11) is 1.47. The number of aromatic amines is 1. The molecule has 2 N–H and O–H groups in total. The van der Waals surface area contributed by atoms with E-state index in [1.165, 1.54) is 19.5 Å². The zero-order chi connectivity index (χ0) is 18.0.